The fourth-order valence-corrected chi connectivity index (χ4v) is 2.96. The predicted molar refractivity (Wildman–Crippen MR) is 99.6 cm³/mol. The van der Waals surface area contributed by atoms with Crippen LogP contribution in [0.4, 0.5) is 0 Å². The van der Waals surface area contributed by atoms with Crippen LogP contribution < -0.4 is 15.4 Å². The highest BCUT2D eigenvalue weighted by Crippen LogP contribution is 2.16. The average molecular weight is 352 g/mol. The molecule has 1 fully saturated rings. The number of carbonyl (C=O) groups excluding carboxylic acids is 2. The fourth-order valence-electron chi connectivity index (χ4n) is 2.96. The first-order chi connectivity index (χ1) is 12.5. The topological polar surface area (TPSA) is 67.4 Å². The van der Waals surface area contributed by atoms with Gasteiger partial charge >= 0.3 is 0 Å². The third-order valence-electron chi connectivity index (χ3n) is 4.49. The third-order valence-corrected chi connectivity index (χ3v) is 4.49. The number of benzene rings is 2. The maximum absolute atomic E-state index is 12.2. The second-order valence-electron chi connectivity index (χ2n) is 6.91. The number of ether oxygens (including phenoxy) is 1. The SMILES string of the molecule is CC(C)[C@@H]1NC(=O)[C@@H](Cc2ccc(OCc3ccccc3)cc2)NC1=O. The minimum absolute atomic E-state index is 0.0703. The molecular formula is C21H24N2O3. The number of amides is 2. The van der Waals surface area contributed by atoms with Crippen LogP contribution in [0.1, 0.15) is 25.0 Å². The smallest absolute Gasteiger partial charge is 0.243 e. The van der Waals surface area contributed by atoms with E-state index in [0.29, 0.717) is 13.0 Å². The van der Waals surface area contributed by atoms with Crippen molar-refractivity contribution in [2.75, 3.05) is 0 Å². The number of hydrogen-bond acceptors (Lipinski definition) is 3. The Hall–Kier alpha value is -2.82. The summed E-state index contributed by atoms with van der Waals surface area (Å²) in [5, 5.41) is 5.64. The molecule has 2 amide bonds. The molecule has 3 rings (SSSR count). The third kappa shape index (κ3) is 4.42. The predicted octanol–water partition coefficient (Wildman–Crippen LogP) is 2.45. The molecule has 2 aromatic rings. The lowest BCUT2D eigenvalue weighted by Crippen LogP contribution is -2.63. The van der Waals surface area contributed by atoms with Crippen LogP contribution in [-0.2, 0) is 22.6 Å². The summed E-state index contributed by atoms with van der Waals surface area (Å²) in [4.78, 5) is 24.3. The van der Waals surface area contributed by atoms with Gasteiger partial charge in [-0.25, -0.2) is 0 Å². The summed E-state index contributed by atoms with van der Waals surface area (Å²) >= 11 is 0. The van der Waals surface area contributed by atoms with E-state index in [2.05, 4.69) is 10.6 Å². The van der Waals surface area contributed by atoms with Gasteiger partial charge in [0.2, 0.25) is 11.8 Å². The molecule has 0 aromatic heterocycles. The lowest BCUT2D eigenvalue weighted by molar-refractivity contribution is -0.137. The standard InChI is InChI=1S/C21H24N2O3/c1-14(2)19-21(25)22-18(20(24)23-19)12-15-8-10-17(11-9-15)26-13-16-6-4-3-5-7-16/h3-11,14,18-19H,12-13H2,1-2H3,(H,22,25)(H,23,24)/t18-,19+/m1/s1. The van der Waals surface area contributed by atoms with Gasteiger partial charge in [0, 0.05) is 6.42 Å². The lowest BCUT2D eigenvalue weighted by atomic mass is 9.97. The molecule has 0 bridgehead atoms. The molecule has 0 saturated carbocycles. The molecule has 1 aliphatic heterocycles. The first kappa shape index (κ1) is 18.0. The molecule has 5 heteroatoms. The van der Waals surface area contributed by atoms with Crippen molar-refractivity contribution in [1.29, 1.82) is 0 Å². The van der Waals surface area contributed by atoms with Crippen molar-refractivity contribution in [1.82, 2.24) is 10.6 Å². The second-order valence-corrected chi connectivity index (χ2v) is 6.91. The van der Waals surface area contributed by atoms with Crippen LogP contribution in [0.15, 0.2) is 54.6 Å². The molecule has 0 radical (unpaired) electrons. The molecule has 136 valence electrons. The van der Waals surface area contributed by atoms with Crippen LogP contribution in [0.2, 0.25) is 0 Å². The Morgan fingerprint density at radius 1 is 0.885 bits per heavy atom. The number of carbonyl (C=O) groups is 2. The summed E-state index contributed by atoms with van der Waals surface area (Å²) in [6.45, 7) is 4.34. The van der Waals surface area contributed by atoms with Crippen molar-refractivity contribution >= 4 is 11.8 Å². The summed E-state index contributed by atoms with van der Waals surface area (Å²) in [5.41, 5.74) is 2.08. The number of rotatable bonds is 6. The summed E-state index contributed by atoms with van der Waals surface area (Å²) < 4.78 is 5.77. The van der Waals surface area contributed by atoms with Crippen molar-refractivity contribution in [2.45, 2.75) is 39.0 Å². The fraction of sp³-hybridized carbons (Fsp3) is 0.333. The van der Waals surface area contributed by atoms with Gasteiger partial charge in [0.1, 0.15) is 24.4 Å². The van der Waals surface area contributed by atoms with Crippen molar-refractivity contribution in [3.8, 4) is 5.75 Å². The highest BCUT2D eigenvalue weighted by molar-refractivity contribution is 5.97. The Morgan fingerprint density at radius 2 is 1.58 bits per heavy atom. The van der Waals surface area contributed by atoms with Crippen LogP contribution in [0.25, 0.3) is 0 Å². The van der Waals surface area contributed by atoms with E-state index in [-0.39, 0.29) is 17.7 Å². The Morgan fingerprint density at radius 3 is 2.23 bits per heavy atom. The van der Waals surface area contributed by atoms with Gasteiger partial charge in [-0.05, 0) is 29.2 Å². The lowest BCUT2D eigenvalue weighted by Gasteiger charge is -2.31. The highest BCUT2D eigenvalue weighted by atomic mass is 16.5. The Kier molecular flexibility index (Phi) is 5.56. The van der Waals surface area contributed by atoms with E-state index in [1.165, 1.54) is 0 Å². The van der Waals surface area contributed by atoms with E-state index >= 15 is 0 Å². The van der Waals surface area contributed by atoms with Gasteiger partial charge in [0.15, 0.2) is 0 Å². The molecule has 2 N–H and O–H groups in total. The molecule has 0 aliphatic carbocycles. The van der Waals surface area contributed by atoms with Gasteiger partial charge in [-0.15, -0.1) is 0 Å². The number of piperazine rings is 1. The van der Waals surface area contributed by atoms with E-state index in [0.717, 1.165) is 16.9 Å². The first-order valence-corrected chi connectivity index (χ1v) is 8.89. The molecule has 0 spiro atoms. The van der Waals surface area contributed by atoms with E-state index < -0.39 is 12.1 Å². The number of nitrogens with one attached hydrogen (secondary N) is 2. The quantitative estimate of drug-likeness (QED) is 0.839. The molecule has 1 heterocycles. The maximum Gasteiger partial charge on any atom is 0.243 e. The number of hydrogen-bond donors (Lipinski definition) is 2. The van der Waals surface area contributed by atoms with Gasteiger partial charge in [-0.2, -0.15) is 0 Å². The maximum atomic E-state index is 12.2. The zero-order valence-electron chi connectivity index (χ0n) is 15.1. The highest BCUT2D eigenvalue weighted by Gasteiger charge is 2.34. The van der Waals surface area contributed by atoms with E-state index in [1.807, 2.05) is 68.4 Å². The Labute approximate surface area is 153 Å². The van der Waals surface area contributed by atoms with E-state index in [1.54, 1.807) is 0 Å². The van der Waals surface area contributed by atoms with Crippen LogP contribution >= 0.6 is 0 Å². The average Bonchev–Trinajstić information content (AvgIpc) is 2.64. The normalized spacial score (nSPS) is 19.8. The zero-order valence-corrected chi connectivity index (χ0v) is 15.1. The van der Waals surface area contributed by atoms with Crippen molar-refractivity contribution in [2.24, 2.45) is 5.92 Å². The Balaban J connectivity index is 1.56. The molecule has 0 unspecified atom stereocenters. The zero-order chi connectivity index (χ0) is 18.5. The second kappa shape index (κ2) is 8.04. The molecule has 1 saturated heterocycles. The first-order valence-electron chi connectivity index (χ1n) is 8.89. The Bertz CT molecular complexity index is 757. The van der Waals surface area contributed by atoms with Gasteiger partial charge in [-0.1, -0.05) is 56.3 Å². The molecule has 5 nitrogen and oxygen atoms in total. The van der Waals surface area contributed by atoms with E-state index in [4.69, 9.17) is 4.74 Å². The molecule has 2 atom stereocenters. The van der Waals surface area contributed by atoms with Gasteiger partial charge in [0.05, 0.1) is 0 Å². The summed E-state index contributed by atoms with van der Waals surface area (Å²) in [6, 6.07) is 16.6. The molecule has 2 aromatic carbocycles. The van der Waals surface area contributed by atoms with Crippen molar-refractivity contribution in [3.05, 3.63) is 65.7 Å². The summed E-state index contributed by atoms with van der Waals surface area (Å²) in [7, 11) is 0. The van der Waals surface area contributed by atoms with Crippen LogP contribution in [-0.4, -0.2) is 23.9 Å². The monoisotopic (exact) mass is 352 g/mol. The van der Waals surface area contributed by atoms with Gasteiger partial charge < -0.3 is 15.4 Å². The molecule has 1 aliphatic rings. The van der Waals surface area contributed by atoms with E-state index in [9.17, 15) is 9.59 Å². The minimum atomic E-state index is -0.534. The summed E-state index contributed by atoms with van der Waals surface area (Å²) in [5.74, 6) is 0.593. The van der Waals surface area contributed by atoms with Crippen molar-refractivity contribution in [3.63, 3.8) is 0 Å². The van der Waals surface area contributed by atoms with Crippen LogP contribution in [0.3, 0.4) is 0 Å². The molecule has 26 heavy (non-hydrogen) atoms. The van der Waals surface area contributed by atoms with Gasteiger partial charge in [0.25, 0.3) is 0 Å². The van der Waals surface area contributed by atoms with Gasteiger partial charge in [-0.3, -0.25) is 9.59 Å². The summed E-state index contributed by atoms with van der Waals surface area (Å²) in [6.07, 6.45) is 0.460. The minimum Gasteiger partial charge on any atom is -0.489 e. The van der Waals surface area contributed by atoms with Crippen molar-refractivity contribution < 1.29 is 14.3 Å². The van der Waals surface area contributed by atoms with Crippen LogP contribution in [0.5, 0.6) is 5.75 Å². The van der Waals surface area contributed by atoms with Crippen LogP contribution in [0, 0.1) is 5.92 Å². The molecular weight excluding hydrogens is 328 g/mol. The largest absolute Gasteiger partial charge is 0.489 e.